The fourth-order valence-corrected chi connectivity index (χ4v) is 1.61. The Balaban J connectivity index is 2.54. The molecule has 0 radical (unpaired) electrons. The van der Waals surface area contributed by atoms with Gasteiger partial charge in [0.25, 0.3) is 5.56 Å². The lowest BCUT2D eigenvalue weighted by molar-refractivity contribution is -0.131. The molecule has 4 heteroatoms. The summed E-state index contributed by atoms with van der Waals surface area (Å²) in [6, 6.07) is 7.13. The molecule has 1 aromatic carbocycles. The van der Waals surface area contributed by atoms with Crippen LogP contribution in [0.4, 0.5) is 0 Å². The summed E-state index contributed by atoms with van der Waals surface area (Å²) >= 11 is 0. The minimum Gasteiger partial charge on any atom is -0.478 e. The number of hydrogen-bond donors (Lipinski definition) is 2. The van der Waals surface area contributed by atoms with Gasteiger partial charge in [-0.05, 0) is 42.1 Å². The van der Waals surface area contributed by atoms with E-state index in [9.17, 15) is 9.59 Å². The molecule has 2 aromatic rings. The van der Waals surface area contributed by atoms with Crippen LogP contribution in [0.2, 0.25) is 0 Å². The highest BCUT2D eigenvalue weighted by molar-refractivity contribution is 5.87. The molecule has 0 saturated carbocycles. The molecule has 0 atom stereocenters. The van der Waals surface area contributed by atoms with Crippen LogP contribution in [0.25, 0.3) is 17.0 Å². The van der Waals surface area contributed by atoms with E-state index < -0.39 is 5.97 Å². The van der Waals surface area contributed by atoms with Gasteiger partial charge in [-0.15, -0.1) is 0 Å². The topological polar surface area (TPSA) is 70.2 Å². The number of aromatic amines is 1. The Morgan fingerprint density at radius 3 is 2.82 bits per heavy atom. The van der Waals surface area contributed by atoms with E-state index in [0.717, 1.165) is 22.5 Å². The summed E-state index contributed by atoms with van der Waals surface area (Å²) in [7, 11) is 0. The fourth-order valence-electron chi connectivity index (χ4n) is 1.61. The Labute approximate surface area is 97.2 Å². The van der Waals surface area contributed by atoms with Crippen molar-refractivity contribution in [2.24, 2.45) is 0 Å². The van der Waals surface area contributed by atoms with E-state index in [1.54, 1.807) is 25.1 Å². The Morgan fingerprint density at radius 2 is 2.12 bits per heavy atom. The van der Waals surface area contributed by atoms with E-state index in [0.29, 0.717) is 5.56 Å². The molecule has 86 valence electrons. The third kappa shape index (κ3) is 2.42. The quantitative estimate of drug-likeness (QED) is 0.773. The Bertz CT molecular complexity index is 668. The van der Waals surface area contributed by atoms with Crippen molar-refractivity contribution in [2.45, 2.75) is 6.92 Å². The number of carboxylic acid groups (broad SMARTS) is 1. The van der Waals surface area contributed by atoms with Crippen molar-refractivity contribution >= 4 is 22.9 Å². The molecule has 1 aromatic heterocycles. The van der Waals surface area contributed by atoms with E-state index in [2.05, 4.69) is 4.98 Å². The van der Waals surface area contributed by atoms with Gasteiger partial charge in [0.15, 0.2) is 0 Å². The van der Waals surface area contributed by atoms with Gasteiger partial charge in [-0.1, -0.05) is 6.07 Å². The van der Waals surface area contributed by atoms with Crippen molar-refractivity contribution in [1.29, 1.82) is 0 Å². The number of pyridine rings is 1. The molecule has 0 unspecified atom stereocenters. The number of aromatic nitrogens is 1. The largest absolute Gasteiger partial charge is 0.478 e. The third-order valence-electron chi connectivity index (χ3n) is 2.47. The standard InChI is InChI=1S/C13H11NO3/c1-8-6-10-7-9(3-5-12(15)16)2-4-11(10)14-13(8)17/h2-7H,1H3,(H,14,17)(H,15,16)/b5-3+. The highest BCUT2D eigenvalue weighted by atomic mass is 16.4. The molecule has 0 aliphatic heterocycles. The lowest BCUT2D eigenvalue weighted by Gasteiger charge is -2.00. The highest BCUT2D eigenvalue weighted by Gasteiger charge is 1.99. The monoisotopic (exact) mass is 229 g/mol. The van der Waals surface area contributed by atoms with E-state index in [1.165, 1.54) is 6.08 Å². The van der Waals surface area contributed by atoms with Crippen molar-refractivity contribution in [3.63, 3.8) is 0 Å². The molecule has 1 heterocycles. The number of aliphatic carboxylic acids is 1. The molecule has 2 rings (SSSR count). The number of benzene rings is 1. The number of rotatable bonds is 2. The van der Waals surface area contributed by atoms with Crippen molar-refractivity contribution in [2.75, 3.05) is 0 Å². The number of carboxylic acids is 1. The molecule has 17 heavy (non-hydrogen) atoms. The summed E-state index contributed by atoms with van der Waals surface area (Å²) in [4.78, 5) is 24.5. The van der Waals surface area contributed by atoms with Crippen LogP contribution in [0.1, 0.15) is 11.1 Å². The summed E-state index contributed by atoms with van der Waals surface area (Å²) in [5.41, 5.74) is 2.06. The van der Waals surface area contributed by atoms with Gasteiger partial charge in [0.2, 0.25) is 0 Å². The molecule has 0 spiro atoms. The zero-order valence-electron chi connectivity index (χ0n) is 9.23. The van der Waals surface area contributed by atoms with Crippen LogP contribution in [0.15, 0.2) is 35.1 Å². The van der Waals surface area contributed by atoms with E-state index in [1.807, 2.05) is 6.07 Å². The van der Waals surface area contributed by atoms with Crippen molar-refractivity contribution < 1.29 is 9.90 Å². The average molecular weight is 229 g/mol. The van der Waals surface area contributed by atoms with E-state index in [4.69, 9.17) is 5.11 Å². The summed E-state index contributed by atoms with van der Waals surface area (Å²) in [6.45, 7) is 1.73. The van der Waals surface area contributed by atoms with Gasteiger partial charge in [0.1, 0.15) is 0 Å². The van der Waals surface area contributed by atoms with E-state index in [-0.39, 0.29) is 5.56 Å². The first kappa shape index (κ1) is 11.1. The number of H-pyrrole nitrogens is 1. The molecule has 0 amide bonds. The molecular weight excluding hydrogens is 218 g/mol. The first-order valence-corrected chi connectivity index (χ1v) is 5.11. The second-order valence-electron chi connectivity index (χ2n) is 3.80. The first-order valence-electron chi connectivity index (χ1n) is 5.11. The minimum absolute atomic E-state index is 0.105. The molecule has 0 fully saturated rings. The van der Waals surface area contributed by atoms with Crippen LogP contribution in [0, 0.1) is 6.92 Å². The maximum Gasteiger partial charge on any atom is 0.328 e. The van der Waals surface area contributed by atoms with Crippen LogP contribution in [-0.2, 0) is 4.79 Å². The number of fused-ring (bicyclic) bond motifs is 1. The molecule has 4 nitrogen and oxygen atoms in total. The number of nitrogens with one attached hydrogen (secondary N) is 1. The van der Waals surface area contributed by atoms with Crippen LogP contribution >= 0.6 is 0 Å². The van der Waals surface area contributed by atoms with Gasteiger partial charge < -0.3 is 10.1 Å². The average Bonchev–Trinajstić information content (AvgIpc) is 2.28. The van der Waals surface area contributed by atoms with Gasteiger partial charge in [0, 0.05) is 17.2 Å². The zero-order chi connectivity index (χ0) is 12.4. The summed E-state index contributed by atoms with van der Waals surface area (Å²) < 4.78 is 0. The smallest absolute Gasteiger partial charge is 0.328 e. The van der Waals surface area contributed by atoms with Gasteiger partial charge in [-0.2, -0.15) is 0 Å². The van der Waals surface area contributed by atoms with Gasteiger partial charge in [0.05, 0.1) is 0 Å². The second kappa shape index (κ2) is 4.25. The third-order valence-corrected chi connectivity index (χ3v) is 2.47. The summed E-state index contributed by atoms with van der Waals surface area (Å²) in [5, 5.41) is 9.42. The first-order chi connectivity index (χ1) is 8.06. The van der Waals surface area contributed by atoms with Gasteiger partial charge >= 0.3 is 5.97 Å². The van der Waals surface area contributed by atoms with Gasteiger partial charge in [-0.3, -0.25) is 4.79 Å². The Hall–Kier alpha value is -2.36. The van der Waals surface area contributed by atoms with Crippen LogP contribution in [0.3, 0.4) is 0 Å². The maximum absolute atomic E-state index is 11.4. The molecule has 0 aliphatic carbocycles. The number of hydrogen-bond acceptors (Lipinski definition) is 2. The van der Waals surface area contributed by atoms with E-state index >= 15 is 0 Å². The van der Waals surface area contributed by atoms with Gasteiger partial charge in [-0.25, -0.2) is 4.79 Å². The van der Waals surface area contributed by atoms with Crippen molar-refractivity contribution in [1.82, 2.24) is 4.98 Å². The lowest BCUT2D eigenvalue weighted by Crippen LogP contribution is -2.08. The second-order valence-corrected chi connectivity index (χ2v) is 3.80. The predicted octanol–water partition coefficient (Wildman–Crippen LogP) is 1.93. The fraction of sp³-hybridized carbons (Fsp3) is 0.0769. The Morgan fingerprint density at radius 1 is 1.35 bits per heavy atom. The van der Waals surface area contributed by atoms with Crippen molar-refractivity contribution in [3.8, 4) is 0 Å². The normalized spacial score (nSPS) is 11.1. The predicted molar refractivity (Wildman–Crippen MR) is 66.0 cm³/mol. The van der Waals surface area contributed by atoms with Crippen LogP contribution in [-0.4, -0.2) is 16.1 Å². The molecule has 2 N–H and O–H groups in total. The molecule has 0 saturated heterocycles. The highest BCUT2D eigenvalue weighted by Crippen LogP contribution is 2.14. The SMILES string of the molecule is Cc1cc2cc(/C=C/C(=O)O)ccc2[nH]c1=O. The molecule has 0 bridgehead atoms. The molecular formula is C13H11NO3. The van der Waals surface area contributed by atoms with Crippen LogP contribution < -0.4 is 5.56 Å². The maximum atomic E-state index is 11.4. The number of carbonyl (C=O) groups is 1. The number of aryl methyl sites for hydroxylation is 1. The minimum atomic E-state index is -0.984. The Kier molecular flexibility index (Phi) is 2.78. The lowest BCUT2D eigenvalue weighted by atomic mass is 10.1. The summed E-state index contributed by atoms with van der Waals surface area (Å²) in [6.07, 6.45) is 2.60. The zero-order valence-corrected chi connectivity index (χ0v) is 9.23. The van der Waals surface area contributed by atoms with Crippen molar-refractivity contribution in [3.05, 3.63) is 51.8 Å². The molecule has 0 aliphatic rings. The van der Waals surface area contributed by atoms with Crippen LogP contribution in [0.5, 0.6) is 0 Å². The summed E-state index contributed by atoms with van der Waals surface area (Å²) in [5.74, 6) is -0.984.